The lowest BCUT2D eigenvalue weighted by Gasteiger charge is -2.18. The molecule has 6 heteroatoms. The summed E-state index contributed by atoms with van der Waals surface area (Å²) in [6.07, 6.45) is 0.823. The zero-order chi connectivity index (χ0) is 20.6. The SMILES string of the molecule is CC[C@@H](CNC(=O)[C@H](C)OC(=O)CCc1nc2ccccc2s1)c1ccccc1. The number of hydrogen-bond donors (Lipinski definition) is 1. The van der Waals surface area contributed by atoms with Crippen LogP contribution in [0, 0.1) is 0 Å². The van der Waals surface area contributed by atoms with Gasteiger partial charge < -0.3 is 10.1 Å². The number of para-hydroxylation sites is 1. The van der Waals surface area contributed by atoms with Crippen LogP contribution in [-0.2, 0) is 20.7 Å². The first-order chi connectivity index (χ1) is 14.1. The second kappa shape index (κ2) is 10.2. The number of nitrogens with zero attached hydrogens (tertiary/aromatic N) is 1. The standard InChI is InChI=1S/C23H26N2O3S/c1-3-17(18-9-5-4-6-10-18)15-24-23(27)16(2)28-22(26)14-13-21-25-19-11-7-8-12-20(19)29-21/h4-12,16-17H,3,13-15H2,1-2H3,(H,24,27)/t16-,17-/m0/s1. The molecule has 0 bridgehead atoms. The summed E-state index contributed by atoms with van der Waals surface area (Å²) in [5, 5.41) is 3.80. The van der Waals surface area contributed by atoms with Crippen molar-refractivity contribution < 1.29 is 14.3 Å². The van der Waals surface area contributed by atoms with Gasteiger partial charge in [0.2, 0.25) is 0 Å². The number of esters is 1. The largest absolute Gasteiger partial charge is 0.453 e. The molecule has 0 saturated carbocycles. The highest BCUT2D eigenvalue weighted by atomic mass is 32.1. The average molecular weight is 411 g/mol. The Bertz CT molecular complexity index is 922. The molecule has 0 spiro atoms. The zero-order valence-corrected chi connectivity index (χ0v) is 17.6. The van der Waals surface area contributed by atoms with Crippen molar-refractivity contribution in [3.8, 4) is 0 Å². The van der Waals surface area contributed by atoms with Gasteiger partial charge in [-0.15, -0.1) is 11.3 Å². The van der Waals surface area contributed by atoms with E-state index in [9.17, 15) is 9.59 Å². The first kappa shape index (κ1) is 21.0. The number of carbonyl (C=O) groups excluding carboxylic acids is 2. The Morgan fingerprint density at radius 1 is 1.10 bits per heavy atom. The van der Waals surface area contributed by atoms with Gasteiger partial charge in [-0.1, -0.05) is 49.4 Å². The summed E-state index contributed by atoms with van der Waals surface area (Å²) in [6.45, 7) is 4.22. The number of hydrogen-bond acceptors (Lipinski definition) is 5. The molecule has 0 unspecified atom stereocenters. The lowest BCUT2D eigenvalue weighted by molar-refractivity contribution is -0.154. The van der Waals surface area contributed by atoms with Crippen LogP contribution >= 0.6 is 11.3 Å². The second-order valence-electron chi connectivity index (χ2n) is 6.97. The summed E-state index contributed by atoms with van der Waals surface area (Å²) in [6, 6.07) is 18.0. The lowest BCUT2D eigenvalue weighted by Crippen LogP contribution is -2.38. The van der Waals surface area contributed by atoms with Crippen molar-refractivity contribution in [2.45, 2.75) is 45.1 Å². The van der Waals surface area contributed by atoms with E-state index in [0.29, 0.717) is 13.0 Å². The van der Waals surface area contributed by atoms with Crippen LogP contribution in [0.1, 0.15) is 43.2 Å². The Labute approximate surface area is 175 Å². The van der Waals surface area contributed by atoms with Crippen molar-refractivity contribution in [1.82, 2.24) is 10.3 Å². The highest BCUT2D eigenvalue weighted by molar-refractivity contribution is 7.18. The number of ether oxygens (including phenoxy) is 1. The van der Waals surface area contributed by atoms with Crippen LogP contribution in [0.3, 0.4) is 0 Å². The molecule has 0 aliphatic rings. The van der Waals surface area contributed by atoms with Crippen molar-refractivity contribution in [2.24, 2.45) is 0 Å². The second-order valence-corrected chi connectivity index (χ2v) is 8.08. The van der Waals surface area contributed by atoms with Crippen LogP contribution in [0.5, 0.6) is 0 Å². The molecule has 0 saturated heterocycles. The fourth-order valence-electron chi connectivity index (χ4n) is 3.14. The maximum atomic E-state index is 12.3. The van der Waals surface area contributed by atoms with Gasteiger partial charge >= 0.3 is 5.97 Å². The van der Waals surface area contributed by atoms with Crippen LogP contribution in [0.2, 0.25) is 0 Å². The minimum atomic E-state index is -0.814. The van der Waals surface area contributed by atoms with Gasteiger partial charge in [-0.05, 0) is 31.0 Å². The zero-order valence-electron chi connectivity index (χ0n) is 16.8. The minimum Gasteiger partial charge on any atom is -0.453 e. The van der Waals surface area contributed by atoms with Gasteiger partial charge in [0.1, 0.15) is 0 Å². The van der Waals surface area contributed by atoms with Gasteiger partial charge in [-0.2, -0.15) is 0 Å². The van der Waals surface area contributed by atoms with E-state index in [4.69, 9.17) is 4.74 Å². The highest BCUT2D eigenvalue weighted by Gasteiger charge is 2.19. The number of fused-ring (bicyclic) bond motifs is 1. The molecule has 3 aromatic rings. The van der Waals surface area contributed by atoms with E-state index >= 15 is 0 Å². The molecule has 2 atom stereocenters. The molecule has 1 amide bonds. The Hall–Kier alpha value is -2.73. The molecule has 152 valence electrons. The van der Waals surface area contributed by atoms with Gasteiger partial charge in [0.15, 0.2) is 6.10 Å². The van der Waals surface area contributed by atoms with Crippen LogP contribution in [0.15, 0.2) is 54.6 Å². The first-order valence-corrected chi connectivity index (χ1v) is 10.7. The summed E-state index contributed by atoms with van der Waals surface area (Å²) in [4.78, 5) is 29.0. The van der Waals surface area contributed by atoms with Crippen LogP contribution in [-0.4, -0.2) is 29.5 Å². The molecule has 29 heavy (non-hydrogen) atoms. The van der Waals surface area contributed by atoms with Gasteiger partial charge in [0.05, 0.1) is 21.6 Å². The van der Waals surface area contributed by atoms with Gasteiger partial charge in [-0.3, -0.25) is 9.59 Å². The molecule has 0 fully saturated rings. The fourth-order valence-corrected chi connectivity index (χ4v) is 4.10. The quantitative estimate of drug-likeness (QED) is 0.529. The van der Waals surface area contributed by atoms with Gasteiger partial charge in [0, 0.05) is 18.9 Å². The smallest absolute Gasteiger partial charge is 0.306 e. The number of carbonyl (C=O) groups is 2. The molecule has 0 aliphatic heterocycles. The van der Waals surface area contributed by atoms with Crippen LogP contribution in [0.4, 0.5) is 0 Å². The van der Waals surface area contributed by atoms with E-state index in [2.05, 4.69) is 29.4 Å². The number of amides is 1. The van der Waals surface area contributed by atoms with Crippen molar-refractivity contribution in [3.05, 3.63) is 65.2 Å². The topological polar surface area (TPSA) is 68.3 Å². The summed E-state index contributed by atoms with van der Waals surface area (Å²) >= 11 is 1.58. The molecule has 3 rings (SSSR count). The van der Waals surface area contributed by atoms with E-state index in [0.717, 1.165) is 21.6 Å². The number of nitrogens with one attached hydrogen (secondary N) is 1. The Morgan fingerprint density at radius 3 is 2.55 bits per heavy atom. The molecule has 1 heterocycles. The van der Waals surface area contributed by atoms with Crippen LogP contribution in [0.25, 0.3) is 10.2 Å². The third kappa shape index (κ3) is 5.87. The van der Waals surface area contributed by atoms with E-state index in [1.165, 1.54) is 5.56 Å². The number of aromatic nitrogens is 1. The van der Waals surface area contributed by atoms with Crippen LogP contribution < -0.4 is 5.32 Å². The molecular weight excluding hydrogens is 384 g/mol. The van der Waals surface area contributed by atoms with Gasteiger partial charge in [-0.25, -0.2) is 4.98 Å². The molecule has 1 aromatic heterocycles. The number of aryl methyl sites for hydroxylation is 1. The Kier molecular flexibility index (Phi) is 7.36. The third-order valence-electron chi connectivity index (χ3n) is 4.85. The Morgan fingerprint density at radius 2 is 1.83 bits per heavy atom. The molecular formula is C23H26N2O3S. The van der Waals surface area contributed by atoms with Crippen molar-refractivity contribution in [1.29, 1.82) is 0 Å². The highest BCUT2D eigenvalue weighted by Crippen LogP contribution is 2.22. The summed E-state index contributed by atoms with van der Waals surface area (Å²) in [7, 11) is 0. The van der Waals surface area contributed by atoms with Gasteiger partial charge in [0.25, 0.3) is 5.91 Å². The van der Waals surface area contributed by atoms with Crippen molar-refractivity contribution >= 4 is 33.4 Å². The Balaban J connectivity index is 1.44. The summed E-state index contributed by atoms with van der Waals surface area (Å²) in [5.74, 6) is -0.420. The molecule has 1 N–H and O–H groups in total. The fraction of sp³-hybridized carbons (Fsp3) is 0.348. The maximum absolute atomic E-state index is 12.3. The predicted octanol–water partition coefficient (Wildman–Crippen LogP) is 4.47. The predicted molar refractivity (Wildman–Crippen MR) is 116 cm³/mol. The lowest BCUT2D eigenvalue weighted by atomic mass is 9.96. The average Bonchev–Trinajstić information content (AvgIpc) is 3.16. The number of thiazole rings is 1. The third-order valence-corrected chi connectivity index (χ3v) is 5.94. The molecule has 2 aromatic carbocycles. The number of benzene rings is 2. The summed E-state index contributed by atoms with van der Waals surface area (Å²) < 4.78 is 6.41. The van der Waals surface area contributed by atoms with E-state index in [1.807, 2.05) is 42.5 Å². The number of rotatable bonds is 9. The van der Waals surface area contributed by atoms with Crippen molar-refractivity contribution in [2.75, 3.05) is 6.54 Å². The monoisotopic (exact) mass is 410 g/mol. The first-order valence-electron chi connectivity index (χ1n) is 9.93. The summed E-state index contributed by atoms with van der Waals surface area (Å²) in [5.41, 5.74) is 2.13. The van der Waals surface area contributed by atoms with E-state index < -0.39 is 6.10 Å². The minimum absolute atomic E-state index is 0.207. The normalized spacial score (nSPS) is 13.0. The van der Waals surface area contributed by atoms with Crippen molar-refractivity contribution in [3.63, 3.8) is 0 Å². The van der Waals surface area contributed by atoms with E-state index in [1.54, 1.807) is 18.3 Å². The molecule has 0 radical (unpaired) electrons. The maximum Gasteiger partial charge on any atom is 0.306 e. The molecule has 5 nitrogen and oxygen atoms in total. The molecule has 0 aliphatic carbocycles. The van der Waals surface area contributed by atoms with E-state index in [-0.39, 0.29) is 24.2 Å².